The monoisotopic (exact) mass is 233 g/mol. The first-order valence-corrected chi connectivity index (χ1v) is 5.61. The van der Waals surface area contributed by atoms with E-state index in [1.165, 1.54) is 0 Å². The Bertz CT molecular complexity index is 525. The van der Waals surface area contributed by atoms with E-state index in [0.29, 0.717) is 0 Å². The average Bonchev–Trinajstić information content (AvgIpc) is 2.94. The van der Waals surface area contributed by atoms with Crippen LogP contribution in [0, 0.1) is 0 Å². The van der Waals surface area contributed by atoms with E-state index in [9.17, 15) is 0 Å². The Kier molecular flexibility index (Phi) is 2.45. The summed E-state index contributed by atoms with van der Waals surface area (Å²) in [6.07, 6.45) is 3.51. The molecule has 0 radical (unpaired) electrons. The molecule has 90 valence electrons. The summed E-state index contributed by atoms with van der Waals surface area (Å²) in [7, 11) is 1.69. The molecule has 1 saturated heterocycles. The van der Waals surface area contributed by atoms with Crippen molar-refractivity contribution in [3.8, 4) is 0 Å². The van der Waals surface area contributed by atoms with Crippen LogP contribution in [0.1, 0.15) is 0 Å². The second-order valence-corrected chi connectivity index (χ2v) is 4.28. The highest BCUT2D eigenvalue weighted by molar-refractivity contribution is 5.87. The second kappa shape index (κ2) is 3.97. The zero-order chi connectivity index (χ0) is 11.8. The summed E-state index contributed by atoms with van der Waals surface area (Å²) in [6.45, 7) is 1.53. The Balaban J connectivity index is 1.97. The maximum absolute atomic E-state index is 6.02. The molecular weight excluding hydrogens is 218 g/mol. The molecule has 2 aromatic heterocycles. The topological polar surface area (TPSA) is 80.1 Å². The maximum Gasteiger partial charge on any atom is 0.142 e. The molecule has 3 heterocycles. The Morgan fingerprint density at radius 3 is 3.12 bits per heavy atom. The highest BCUT2D eigenvalue weighted by atomic mass is 16.5. The van der Waals surface area contributed by atoms with Crippen LogP contribution in [0.4, 0.5) is 5.82 Å². The minimum absolute atomic E-state index is 0.0314. The molecule has 2 atom stereocenters. The lowest BCUT2D eigenvalue weighted by atomic mass is 10.2. The SMILES string of the molecule is CO[C@@H]1CN(c2ncnc3[nH]ccc23)C[C@@H]1N. The Morgan fingerprint density at radius 2 is 2.35 bits per heavy atom. The third-order valence-electron chi connectivity index (χ3n) is 3.24. The largest absolute Gasteiger partial charge is 0.378 e. The van der Waals surface area contributed by atoms with Crippen molar-refractivity contribution in [1.82, 2.24) is 15.0 Å². The first-order valence-electron chi connectivity index (χ1n) is 5.61. The van der Waals surface area contributed by atoms with E-state index in [0.717, 1.165) is 29.9 Å². The highest BCUT2D eigenvalue weighted by Crippen LogP contribution is 2.25. The van der Waals surface area contributed by atoms with Gasteiger partial charge in [-0.1, -0.05) is 0 Å². The predicted molar refractivity (Wildman–Crippen MR) is 64.9 cm³/mol. The molecule has 0 bridgehead atoms. The lowest BCUT2D eigenvalue weighted by Crippen LogP contribution is -2.34. The molecule has 0 amide bonds. The summed E-state index contributed by atoms with van der Waals surface area (Å²) >= 11 is 0. The van der Waals surface area contributed by atoms with Crippen molar-refractivity contribution >= 4 is 16.9 Å². The number of aromatic nitrogens is 3. The van der Waals surface area contributed by atoms with E-state index in [-0.39, 0.29) is 12.1 Å². The number of fused-ring (bicyclic) bond motifs is 1. The van der Waals surface area contributed by atoms with Crippen molar-refractivity contribution in [3.63, 3.8) is 0 Å². The Morgan fingerprint density at radius 1 is 1.47 bits per heavy atom. The van der Waals surface area contributed by atoms with Crippen molar-refractivity contribution in [2.24, 2.45) is 5.73 Å². The molecule has 3 N–H and O–H groups in total. The molecule has 0 spiro atoms. The minimum atomic E-state index is 0.0314. The molecule has 0 saturated carbocycles. The Labute approximate surface area is 98.8 Å². The molecule has 1 aliphatic heterocycles. The van der Waals surface area contributed by atoms with Gasteiger partial charge in [0, 0.05) is 26.4 Å². The first-order chi connectivity index (χ1) is 8.29. The zero-order valence-corrected chi connectivity index (χ0v) is 9.63. The van der Waals surface area contributed by atoms with Gasteiger partial charge in [-0.3, -0.25) is 0 Å². The van der Waals surface area contributed by atoms with Crippen molar-refractivity contribution in [2.75, 3.05) is 25.1 Å². The fourth-order valence-corrected chi connectivity index (χ4v) is 2.33. The fraction of sp³-hybridized carbons (Fsp3) is 0.455. The standard InChI is InChI=1S/C11H15N5O/c1-17-9-5-16(4-8(9)12)11-7-2-3-13-10(7)14-6-15-11/h2-3,6,8-9H,4-5,12H2,1H3,(H,13,14,15)/t8-,9+/m0/s1. The third-order valence-corrected chi connectivity index (χ3v) is 3.24. The van der Waals surface area contributed by atoms with Crippen LogP contribution < -0.4 is 10.6 Å². The lowest BCUT2D eigenvalue weighted by Gasteiger charge is -2.17. The molecular formula is C11H15N5O. The van der Waals surface area contributed by atoms with E-state index in [4.69, 9.17) is 10.5 Å². The van der Waals surface area contributed by atoms with Crippen molar-refractivity contribution < 1.29 is 4.74 Å². The third kappa shape index (κ3) is 1.65. The van der Waals surface area contributed by atoms with Gasteiger partial charge in [-0.25, -0.2) is 9.97 Å². The Hall–Kier alpha value is -1.66. The number of methoxy groups -OCH3 is 1. The summed E-state index contributed by atoms with van der Waals surface area (Å²) in [5.74, 6) is 0.922. The quantitative estimate of drug-likeness (QED) is 0.770. The molecule has 1 fully saturated rings. The van der Waals surface area contributed by atoms with Gasteiger partial charge in [0.15, 0.2) is 0 Å². The van der Waals surface area contributed by atoms with Crippen LogP contribution in [0.5, 0.6) is 0 Å². The molecule has 6 nitrogen and oxygen atoms in total. The lowest BCUT2D eigenvalue weighted by molar-refractivity contribution is 0.108. The summed E-state index contributed by atoms with van der Waals surface area (Å²) in [5.41, 5.74) is 6.87. The first kappa shape index (κ1) is 10.5. The number of nitrogens with one attached hydrogen (secondary N) is 1. The maximum atomic E-state index is 6.02. The number of H-pyrrole nitrogens is 1. The van der Waals surface area contributed by atoms with Gasteiger partial charge in [0.2, 0.25) is 0 Å². The number of aromatic amines is 1. The smallest absolute Gasteiger partial charge is 0.142 e. The number of nitrogens with two attached hydrogens (primary N) is 1. The van der Waals surface area contributed by atoms with Crippen molar-refractivity contribution in [3.05, 3.63) is 18.6 Å². The van der Waals surface area contributed by atoms with E-state index < -0.39 is 0 Å². The molecule has 0 unspecified atom stereocenters. The van der Waals surface area contributed by atoms with Crippen LogP contribution >= 0.6 is 0 Å². The summed E-state index contributed by atoms with van der Waals surface area (Å²) < 4.78 is 5.35. The zero-order valence-electron chi connectivity index (χ0n) is 9.63. The average molecular weight is 233 g/mol. The molecule has 0 aliphatic carbocycles. The molecule has 0 aromatic carbocycles. The summed E-state index contributed by atoms with van der Waals surface area (Å²) in [6, 6.07) is 2.01. The van der Waals surface area contributed by atoms with Crippen molar-refractivity contribution in [1.29, 1.82) is 0 Å². The summed E-state index contributed by atoms with van der Waals surface area (Å²) in [5, 5.41) is 1.02. The van der Waals surface area contributed by atoms with E-state index in [1.807, 2.05) is 12.3 Å². The van der Waals surface area contributed by atoms with Gasteiger partial charge >= 0.3 is 0 Å². The van der Waals surface area contributed by atoms with Gasteiger partial charge in [0.05, 0.1) is 17.5 Å². The number of nitrogens with zero attached hydrogens (tertiary/aromatic N) is 3. The molecule has 6 heteroatoms. The van der Waals surface area contributed by atoms with Gasteiger partial charge in [-0.15, -0.1) is 0 Å². The normalized spacial score (nSPS) is 24.7. The number of anilines is 1. The molecule has 17 heavy (non-hydrogen) atoms. The number of rotatable bonds is 2. The van der Waals surface area contributed by atoms with Crippen LogP contribution in [0.3, 0.4) is 0 Å². The number of hydrogen-bond acceptors (Lipinski definition) is 5. The van der Waals surface area contributed by atoms with Gasteiger partial charge in [0.25, 0.3) is 0 Å². The minimum Gasteiger partial charge on any atom is -0.378 e. The number of ether oxygens (including phenoxy) is 1. The van der Waals surface area contributed by atoms with E-state index in [1.54, 1.807) is 13.4 Å². The van der Waals surface area contributed by atoms with Crippen LogP contribution in [0.25, 0.3) is 11.0 Å². The second-order valence-electron chi connectivity index (χ2n) is 4.28. The molecule has 3 rings (SSSR count). The molecule has 2 aromatic rings. The summed E-state index contributed by atoms with van der Waals surface area (Å²) in [4.78, 5) is 13.8. The van der Waals surface area contributed by atoms with E-state index in [2.05, 4.69) is 19.9 Å². The number of hydrogen-bond donors (Lipinski definition) is 2. The molecule has 1 aliphatic rings. The van der Waals surface area contributed by atoms with Crippen molar-refractivity contribution in [2.45, 2.75) is 12.1 Å². The van der Waals surface area contributed by atoms with Gasteiger partial charge in [-0.2, -0.15) is 0 Å². The van der Waals surface area contributed by atoms with Gasteiger partial charge in [-0.05, 0) is 6.07 Å². The van der Waals surface area contributed by atoms with Gasteiger partial charge < -0.3 is 20.4 Å². The fourth-order valence-electron chi connectivity index (χ4n) is 2.33. The van der Waals surface area contributed by atoms with Crippen LogP contribution in [-0.4, -0.2) is 47.3 Å². The van der Waals surface area contributed by atoms with Crippen LogP contribution in [0.2, 0.25) is 0 Å². The van der Waals surface area contributed by atoms with Crippen LogP contribution in [0.15, 0.2) is 18.6 Å². The highest BCUT2D eigenvalue weighted by Gasteiger charge is 2.31. The van der Waals surface area contributed by atoms with Gasteiger partial charge in [0.1, 0.15) is 17.8 Å². The van der Waals surface area contributed by atoms with Crippen LogP contribution in [-0.2, 0) is 4.74 Å². The predicted octanol–water partition coefficient (Wildman–Crippen LogP) is 0.120. The van der Waals surface area contributed by atoms with E-state index >= 15 is 0 Å².